The summed E-state index contributed by atoms with van der Waals surface area (Å²) in [5, 5.41) is 5.97. The Kier molecular flexibility index (Phi) is 7.33. The number of nitrogens with zero attached hydrogens (tertiary/aromatic N) is 1. The molecular formula is C24H31N3O3. The van der Waals surface area contributed by atoms with E-state index in [9.17, 15) is 9.59 Å². The van der Waals surface area contributed by atoms with Crippen LogP contribution < -0.4 is 15.4 Å². The van der Waals surface area contributed by atoms with Crippen molar-refractivity contribution in [1.29, 1.82) is 0 Å². The minimum Gasteiger partial charge on any atom is -0.489 e. The first-order valence-electron chi connectivity index (χ1n) is 10.6. The number of nitrogens with one attached hydrogen (secondary N) is 2. The summed E-state index contributed by atoms with van der Waals surface area (Å²) in [6, 6.07) is 14.7. The molecule has 0 saturated carbocycles. The topological polar surface area (TPSA) is 70.7 Å². The van der Waals surface area contributed by atoms with Crippen LogP contribution in [0.2, 0.25) is 0 Å². The van der Waals surface area contributed by atoms with Crippen LogP contribution in [0.3, 0.4) is 0 Å². The average molecular weight is 410 g/mol. The van der Waals surface area contributed by atoms with Gasteiger partial charge in [0.25, 0.3) is 5.91 Å². The highest BCUT2D eigenvalue weighted by Gasteiger charge is 2.21. The number of benzene rings is 2. The molecule has 1 aliphatic heterocycles. The van der Waals surface area contributed by atoms with Crippen LogP contribution in [0, 0.1) is 5.92 Å². The van der Waals surface area contributed by atoms with Gasteiger partial charge in [-0.3, -0.25) is 9.59 Å². The molecule has 0 radical (unpaired) electrons. The van der Waals surface area contributed by atoms with Gasteiger partial charge in [0, 0.05) is 24.3 Å². The van der Waals surface area contributed by atoms with Crippen LogP contribution in [0.4, 0.5) is 11.4 Å². The molecule has 1 aliphatic rings. The SMILES string of the molecule is CC1CCN(C(=O)c2ccc(NCC(=O)Nc3ccccc3OC(C)C)cc2)CC1. The Labute approximate surface area is 178 Å². The number of hydrogen-bond donors (Lipinski definition) is 2. The molecule has 2 aromatic rings. The molecule has 2 aromatic carbocycles. The van der Waals surface area contributed by atoms with Crippen LogP contribution >= 0.6 is 0 Å². The minimum atomic E-state index is -0.169. The van der Waals surface area contributed by atoms with Crippen molar-refractivity contribution in [2.75, 3.05) is 30.3 Å². The highest BCUT2D eigenvalue weighted by Crippen LogP contribution is 2.25. The van der Waals surface area contributed by atoms with Crippen LogP contribution in [0.1, 0.15) is 44.0 Å². The Morgan fingerprint density at radius 1 is 1.07 bits per heavy atom. The predicted octanol–water partition coefficient (Wildman–Crippen LogP) is 4.40. The fourth-order valence-corrected chi connectivity index (χ4v) is 3.43. The molecule has 0 spiro atoms. The molecule has 30 heavy (non-hydrogen) atoms. The van der Waals surface area contributed by atoms with Crippen molar-refractivity contribution in [1.82, 2.24) is 4.90 Å². The fourth-order valence-electron chi connectivity index (χ4n) is 3.43. The Hall–Kier alpha value is -3.02. The standard InChI is InChI=1S/C24H31N3O3/c1-17(2)30-22-7-5-4-6-21(22)26-23(28)16-25-20-10-8-19(9-11-20)24(29)27-14-12-18(3)13-15-27/h4-11,17-18,25H,12-16H2,1-3H3,(H,26,28). The zero-order valence-electron chi connectivity index (χ0n) is 18.0. The lowest BCUT2D eigenvalue weighted by molar-refractivity contribution is -0.114. The molecule has 6 nitrogen and oxygen atoms in total. The number of piperidine rings is 1. The number of rotatable bonds is 7. The van der Waals surface area contributed by atoms with Gasteiger partial charge >= 0.3 is 0 Å². The van der Waals surface area contributed by atoms with Gasteiger partial charge in [-0.25, -0.2) is 0 Å². The lowest BCUT2D eigenvalue weighted by Gasteiger charge is -2.30. The van der Waals surface area contributed by atoms with Crippen molar-refractivity contribution in [2.45, 2.75) is 39.7 Å². The smallest absolute Gasteiger partial charge is 0.253 e. The molecule has 3 rings (SSSR count). The third kappa shape index (κ3) is 5.99. The van der Waals surface area contributed by atoms with Crippen LogP contribution in [0.5, 0.6) is 5.75 Å². The number of carbonyl (C=O) groups excluding carboxylic acids is 2. The number of ether oxygens (including phenoxy) is 1. The van der Waals surface area contributed by atoms with Crippen molar-refractivity contribution < 1.29 is 14.3 Å². The third-order valence-electron chi connectivity index (χ3n) is 5.18. The molecule has 1 fully saturated rings. The third-order valence-corrected chi connectivity index (χ3v) is 5.18. The van der Waals surface area contributed by atoms with Crippen LogP contribution in [-0.2, 0) is 4.79 Å². The molecular weight excluding hydrogens is 378 g/mol. The molecule has 6 heteroatoms. The maximum absolute atomic E-state index is 12.6. The number of likely N-dealkylation sites (tertiary alicyclic amines) is 1. The van der Waals surface area contributed by atoms with E-state index in [1.54, 1.807) is 0 Å². The highest BCUT2D eigenvalue weighted by atomic mass is 16.5. The number of hydrogen-bond acceptors (Lipinski definition) is 4. The van der Waals surface area contributed by atoms with E-state index in [2.05, 4.69) is 17.6 Å². The Bertz CT molecular complexity index is 856. The molecule has 2 N–H and O–H groups in total. The summed E-state index contributed by atoms with van der Waals surface area (Å²) < 4.78 is 5.73. The molecule has 0 aliphatic carbocycles. The maximum atomic E-state index is 12.6. The second-order valence-electron chi connectivity index (χ2n) is 8.12. The summed E-state index contributed by atoms with van der Waals surface area (Å²) >= 11 is 0. The lowest BCUT2D eigenvalue weighted by Crippen LogP contribution is -2.37. The zero-order chi connectivity index (χ0) is 21.5. The number of anilines is 2. The first kappa shape index (κ1) is 21.7. The highest BCUT2D eigenvalue weighted by molar-refractivity contribution is 5.96. The summed E-state index contributed by atoms with van der Waals surface area (Å²) in [6.45, 7) is 7.88. The van der Waals surface area contributed by atoms with Gasteiger partial charge in [-0.05, 0) is 69.0 Å². The van der Waals surface area contributed by atoms with Crippen LogP contribution in [0.15, 0.2) is 48.5 Å². The van der Waals surface area contributed by atoms with Crippen molar-refractivity contribution in [2.24, 2.45) is 5.92 Å². The molecule has 0 atom stereocenters. The van der Waals surface area contributed by atoms with E-state index in [1.807, 2.05) is 67.3 Å². The summed E-state index contributed by atoms with van der Waals surface area (Å²) in [7, 11) is 0. The van der Waals surface area contributed by atoms with Crippen molar-refractivity contribution in [3.63, 3.8) is 0 Å². The zero-order valence-corrected chi connectivity index (χ0v) is 18.0. The monoisotopic (exact) mass is 409 g/mol. The first-order chi connectivity index (χ1) is 14.4. The molecule has 0 aromatic heterocycles. The average Bonchev–Trinajstić information content (AvgIpc) is 2.74. The van der Waals surface area contributed by atoms with Gasteiger partial charge in [-0.2, -0.15) is 0 Å². The first-order valence-corrected chi connectivity index (χ1v) is 10.6. The summed E-state index contributed by atoms with van der Waals surface area (Å²) in [5.41, 5.74) is 2.12. The van der Waals surface area contributed by atoms with Gasteiger partial charge < -0.3 is 20.3 Å². The second-order valence-corrected chi connectivity index (χ2v) is 8.12. The normalized spacial score (nSPS) is 14.5. The van der Waals surface area contributed by atoms with Gasteiger partial charge in [0.1, 0.15) is 5.75 Å². The molecule has 160 valence electrons. The number of para-hydroxylation sites is 2. The Morgan fingerprint density at radius 2 is 1.73 bits per heavy atom. The van der Waals surface area contributed by atoms with E-state index < -0.39 is 0 Å². The van der Waals surface area contributed by atoms with E-state index in [0.717, 1.165) is 31.6 Å². The lowest BCUT2D eigenvalue weighted by atomic mass is 9.98. The molecule has 0 bridgehead atoms. The molecule has 1 heterocycles. The van der Waals surface area contributed by atoms with E-state index in [-0.39, 0.29) is 24.5 Å². The quantitative estimate of drug-likeness (QED) is 0.711. The van der Waals surface area contributed by atoms with E-state index in [0.29, 0.717) is 22.9 Å². The largest absolute Gasteiger partial charge is 0.489 e. The van der Waals surface area contributed by atoms with E-state index >= 15 is 0 Å². The van der Waals surface area contributed by atoms with Crippen molar-refractivity contribution in [3.8, 4) is 5.75 Å². The molecule has 2 amide bonds. The summed E-state index contributed by atoms with van der Waals surface area (Å²) in [6.07, 6.45) is 2.15. The van der Waals surface area contributed by atoms with Gasteiger partial charge in [0.2, 0.25) is 5.91 Å². The number of amides is 2. The molecule has 0 unspecified atom stereocenters. The van der Waals surface area contributed by atoms with E-state index in [1.165, 1.54) is 0 Å². The molecule has 1 saturated heterocycles. The van der Waals surface area contributed by atoms with Gasteiger partial charge in [0.15, 0.2) is 0 Å². The van der Waals surface area contributed by atoms with Gasteiger partial charge in [-0.1, -0.05) is 19.1 Å². The number of carbonyl (C=O) groups is 2. The maximum Gasteiger partial charge on any atom is 0.253 e. The van der Waals surface area contributed by atoms with Crippen LogP contribution in [-0.4, -0.2) is 42.5 Å². The Morgan fingerprint density at radius 3 is 2.40 bits per heavy atom. The fraction of sp³-hybridized carbons (Fsp3) is 0.417. The summed E-state index contributed by atoms with van der Waals surface area (Å²) in [4.78, 5) is 26.9. The Balaban J connectivity index is 1.51. The van der Waals surface area contributed by atoms with E-state index in [4.69, 9.17) is 4.74 Å². The van der Waals surface area contributed by atoms with Crippen molar-refractivity contribution >= 4 is 23.2 Å². The van der Waals surface area contributed by atoms with Gasteiger partial charge in [-0.15, -0.1) is 0 Å². The van der Waals surface area contributed by atoms with Gasteiger partial charge in [0.05, 0.1) is 18.3 Å². The predicted molar refractivity (Wildman–Crippen MR) is 120 cm³/mol. The van der Waals surface area contributed by atoms with Crippen molar-refractivity contribution in [3.05, 3.63) is 54.1 Å². The summed E-state index contributed by atoms with van der Waals surface area (Å²) in [5.74, 6) is 1.25. The second kappa shape index (κ2) is 10.1. The van der Waals surface area contributed by atoms with Crippen LogP contribution in [0.25, 0.3) is 0 Å². The minimum absolute atomic E-state index is 0.0238.